The topological polar surface area (TPSA) is 96.2 Å². The predicted octanol–water partition coefficient (Wildman–Crippen LogP) is 2.73. The van der Waals surface area contributed by atoms with E-state index in [-0.39, 0.29) is 5.30 Å². The summed E-state index contributed by atoms with van der Waals surface area (Å²) in [4.78, 5) is 30.8. The summed E-state index contributed by atoms with van der Waals surface area (Å²) in [5, 5.41) is 3.21. The van der Waals surface area contributed by atoms with Gasteiger partial charge in [-0.05, 0) is 24.3 Å². The van der Waals surface area contributed by atoms with Crippen LogP contribution in [-0.4, -0.2) is 24.7 Å². The molecule has 1 aromatic carbocycles. The Balaban J connectivity index is 0.000000267. The van der Waals surface area contributed by atoms with Crippen LogP contribution in [0.3, 0.4) is 0 Å². The minimum atomic E-state index is -4.36. The van der Waals surface area contributed by atoms with Crippen LogP contribution >= 0.6 is 18.9 Å². The van der Waals surface area contributed by atoms with Crippen molar-refractivity contribution in [3.8, 4) is 0 Å². The van der Waals surface area contributed by atoms with Gasteiger partial charge in [-0.25, -0.2) is 0 Å². The number of hydrogen-bond acceptors (Lipinski definition) is 5. The standard InChI is InChI=1S/C12H9N2O3P.C3H3NS/c15-18(16,17)10-7-8-3-1-5-13-11(8)9-4-2-6-14-12(9)10;1-2-5-3-4-1/h1-7H,(H2,15,16,17);1-3H. The Labute approximate surface area is 135 Å². The highest BCUT2D eigenvalue weighted by atomic mass is 32.1. The maximum atomic E-state index is 11.5. The molecule has 8 heteroatoms. The van der Waals surface area contributed by atoms with Gasteiger partial charge in [0.05, 0.1) is 21.8 Å². The number of aromatic nitrogens is 3. The molecule has 0 aliphatic heterocycles. The Bertz CT molecular complexity index is 969. The molecule has 0 radical (unpaired) electrons. The lowest BCUT2D eigenvalue weighted by Crippen LogP contribution is -2.07. The molecule has 0 aliphatic rings. The van der Waals surface area contributed by atoms with Gasteiger partial charge < -0.3 is 9.79 Å². The van der Waals surface area contributed by atoms with E-state index in [1.54, 1.807) is 53.5 Å². The van der Waals surface area contributed by atoms with E-state index < -0.39 is 7.60 Å². The molecule has 116 valence electrons. The third-order valence-corrected chi connectivity index (χ3v) is 4.59. The van der Waals surface area contributed by atoms with Gasteiger partial charge in [0.2, 0.25) is 0 Å². The van der Waals surface area contributed by atoms with Crippen molar-refractivity contribution in [2.24, 2.45) is 0 Å². The second-order valence-corrected chi connectivity index (χ2v) is 6.92. The van der Waals surface area contributed by atoms with Crippen LogP contribution in [0.4, 0.5) is 0 Å². The lowest BCUT2D eigenvalue weighted by atomic mass is 10.1. The van der Waals surface area contributed by atoms with Crippen molar-refractivity contribution in [1.82, 2.24) is 15.0 Å². The van der Waals surface area contributed by atoms with Gasteiger partial charge in [-0.3, -0.25) is 19.5 Å². The molecule has 0 saturated carbocycles. The molecule has 2 N–H and O–H groups in total. The molecule has 6 nitrogen and oxygen atoms in total. The quantitative estimate of drug-likeness (QED) is 0.407. The first-order valence-electron chi connectivity index (χ1n) is 6.58. The molecule has 4 rings (SSSR count). The molecule has 0 amide bonds. The minimum Gasteiger partial charge on any atom is -0.321 e. The second-order valence-electron chi connectivity index (χ2n) is 4.59. The fourth-order valence-electron chi connectivity index (χ4n) is 2.17. The molecule has 0 unspecified atom stereocenters. The van der Waals surface area contributed by atoms with E-state index >= 15 is 0 Å². The third kappa shape index (κ3) is 3.43. The molecule has 0 atom stereocenters. The lowest BCUT2D eigenvalue weighted by molar-refractivity contribution is 0.387. The summed E-state index contributed by atoms with van der Waals surface area (Å²) in [5.74, 6) is 0. The molecule has 0 fully saturated rings. The molecule has 3 aromatic heterocycles. The summed E-state index contributed by atoms with van der Waals surface area (Å²) in [5.41, 5.74) is 2.79. The van der Waals surface area contributed by atoms with Crippen molar-refractivity contribution < 1.29 is 14.4 Å². The van der Waals surface area contributed by atoms with E-state index in [0.717, 1.165) is 0 Å². The molecular formula is C15H12N3O3PS. The zero-order valence-corrected chi connectivity index (χ0v) is 13.5. The molecule has 0 saturated heterocycles. The largest absolute Gasteiger partial charge is 0.358 e. The summed E-state index contributed by atoms with van der Waals surface area (Å²) >= 11 is 1.60. The van der Waals surface area contributed by atoms with Crippen molar-refractivity contribution in [2.75, 3.05) is 0 Å². The summed E-state index contributed by atoms with van der Waals surface area (Å²) in [6.07, 6.45) is 4.92. The predicted molar refractivity (Wildman–Crippen MR) is 90.8 cm³/mol. The second kappa shape index (κ2) is 6.52. The Kier molecular flexibility index (Phi) is 4.45. The van der Waals surface area contributed by atoms with E-state index in [2.05, 4.69) is 15.0 Å². The van der Waals surface area contributed by atoms with Crippen molar-refractivity contribution >= 4 is 46.0 Å². The Hall–Kier alpha value is -2.18. The van der Waals surface area contributed by atoms with Gasteiger partial charge in [-0.2, -0.15) is 0 Å². The molecule has 23 heavy (non-hydrogen) atoms. The number of fused-ring (bicyclic) bond motifs is 3. The van der Waals surface area contributed by atoms with Crippen molar-refractivity contribution in [2.45, 2.75) is 0 Å². The molecule has 0 bridgehead atoms. The van der Waals surface area contributed by atoms with Crippen LogP contribution in [0.25, 0.3) is 21.8 Å². The highest BCUT2D eigenvalue weighted by Crippen LogP contribution is 2.37. The number of benzene rings is 1. The van der Waals surface area contributed by atoms with Crippen LogP contribution in [0.15, 0.2) is 59.8 Å². The average Bonchev–Trinajstić information content (AvgIpc) is 3.13. The van der Waals surface area contributed by atoms with Gasteiger partial charge in [0.15, 0.2) is 0 Å². The molecule has 4 aromatic rings. The highest BCUT2D eigenvalue weighted by Gasteiger charge is 2.22. The van der Waals surface area contributed by atoms with Crippen LogP contribution in [-0.2, 0) is 4.57 Å². The number of pyridine rings is 2. The maximum Gasteiger partial charge on any atom is 0.358 e. The first-order chi connectivity index (χ1) is 11.1. The van der Waals surface area contributed by atoms with Gasteiger partial charge in [-0.15, -0.1) is 11.3 Å². The molecule has 0 spiro atoms. The summed E-state index contributed by atoms with van der Waals surface area (Å²) in [6, 6.07) is 8.44. The van der Waals surface area contributed by atoms with Crippen LogP contribution < -0.4 is 5.30 Å². The van der Waals surface area contributed by atoms with Crippen LogP contribution in [0, 0.1) is 0 Å². The molecular weight excluding hydrogens is 333 g/mol. The SMILES string of the molecule is O=P(O)(O)c1cc2cccnc2c2cccnc12.c1cscn1. The van der Waals surface area contributed by atoms with Gasteiger partial charge in [-0.1, -0.05) is 6.07 Å². The van der Waals surface area contributed by atoms with E-state index in [0.29, 0.717) is 21.8 Å². The number of hydrogen-bond donors (Lipinski definition) is 2. The molecule has 3 heterocycles. The van der Waals surface area contributed by atoms with Gasteiger partial charge in [0, 0.05) is 34.7 Å². The molecule has 0 aliphatic carbocycles. The fourth-order valence-corrected chi connectivity index (χ4v) is 3.29. The van der Waals surface area contributed by atoms with Gasteiger partial charge in [0.1, 0.15) is 0 Å². The first-order valence-corrected chi connectivity index (χ1v) is 9.13. The smallest absolute Gasteiger partial charge is 0.321 e. The van der Waals surface area contributed by atoms with E-state index in [4.69, 9.17) is 0 Å². The van der Waals surface area contributed by atoms with Gasteiger partial charge in [0.25, 0.3) is 0 Å². The van der Waals surface area contributed by atoms with Crippen LogP contribution in [0.2, 0.25) is 0 Å². The van der Waals surface area contributed by atoms with E-state index in [1.807, 2.05) is 5.38 Å². The summed E-state index contributed by atoms with van der Waals surface area (Å²) < 4.78 is 11.5. The van der Waals surface area contributed by atoms with Crippen molar-refractivity contribution in [3.05, 3.63) is 59.8 Å². The minimum absolute atomic E-state index is 0.0569. The Morgan fingerprint density at radius 1 is 1.00 bits per heavy atom. The number of thiazole rings is 1. The van der Waals surface area contributed by atoms with Crippen molar-refractivity contribution in [3.63, 3.8) is 0 Å². The lowest BCUT2D eigenvalue weighted by Gasteiger charge is -2.09. The Morgan fingerprint density at radius 2 is 1.74 bits per heavy atom. The monoisotopic (exact) mass is 345 g/mol. The average molecular weight is 345 g/mol. The van der Waals surface area contributed by atoms with E-state index in [9.17, 15) is 14.4 Å². The van der Waals surface area contributed by atoms with Crippen molar-refractivity contribution in [1.29, 1.82) is 0 Å². The van der Waals surface area contributed by atoms with E-state index in [1.165, 1.54) is 12.3 Å². The Morgan fingerprint density at radius 3 is 2.35 bits per heavy atom. The summed E-state index contributed by atoms with van der Waals surface area (Å²) in [6.45, 7) is 0. The third-order valence-electron chi connectivity index (χ3n) is 3.10. The van der Waals surface area contributed by atoms with Crippen LogP contribution in [0.1, 0.15) is 0 Å². The first kappa shape index (κ1) is 15.7. The zero-order valence-electron chi connectivity index (χ0n) is 11.8. The summed E-state index contributed by atoms with van der Waals surface area (Å²) in [7, 11) is -4.36. The normalized spacial score (nSPS) is 11.2. The fraction of sp³-hybridized carbons (Fsp3) is 0. The van der Waals surface area contributed by atoms with Crippen LogP contribution in [0.5, 0.6) is 0 Å². The number of rotatable bonds is 1. The maximum absolute atomic E-state index is 11.5. The highest BCUT2D eigenvalue weighted by molar-refractivity contribution is 7.60. The number of nitrogens with zero attached hydrogens (tertiary/aromatic N) is 3. The van der Waals surface area contributed by atoms with Gasteiger partial charge >= 0.3 is 7.60 Å². The zero-order chi connectivity index (χ0) is 16.3.